The van der Waals surface area contributed by atoms with Gasteiger partial charge in [-0.25, -0.2) is 0 Å². The van der Waals surface area contributed by atoms with E-state index in [1.807, 2.05) is 30.3 Å². The molecule has 1 unspecified atom stereocenters. The lowest BCUT2D eigenvalue weighted by Crippen LogP contribution is -2.31. The van der Waals surface area contributed by atoms with Crippen molar-refractivity contribution in [2.75, 3.05) is 12.4 Å². The van der Waals surface area contributed by atoms with Gasteiger partial charge in [0.25, 0.3) is 5.91 Å². The quantitative estimate of drug-likeness (QED) is 0.727. The van der Waals surface area contributed by atoms with Gasteiger partial charge in [-0.05, 0) is 12.1 Å². The standard InChI is InChI=1S/C11H12N2O2/c1-13-10(14)7-9(11(13)15)12-8-5-3-2-4-6-8/h2-6,9,12H,7H2,1H3. The summed E-state index contributed by atoms with van der Waals surface area (Å²) in [4.78, 5) is 24.0. The van der Waals surface area contributed by atoms with Gasteiger partial charge in [0.1, 0.15) is 6.04 Å². The topological polar surface area (TPSA) is 49.4 Å². The van der Waals surface area contributed by atoms with E-state index in [-0.39, 0.29) is 18.2 Å². The fraction of sp³-hybridized carbons (Fsp3) is 0.273. The van der Waals surface area contributed by atoms with Crippen LogP contribution in [-0.2, 0) is 9.59 Å². The van der Waals surface area contributed by atoms with Gasteiger partial charge in [0.15, 0.2) is 0 Å². The Balaban J connectivity index is 2.09. The van der Waals surface area contributed by atoms with Crippen molar-refractivity contribution in [1.29, 1.82) is 0 Å². The van der Waals surface area contributed by atoms with E-state index in [0.29, 0.717) is 0 Å². The monoisotopic (exact) mass is 204 g/mol. The summed E-state index contributed by atoms with van der Waals surface area (Å²) in [5.41, 5.74) is 0.860. The van der Waals surface area contributed by atoms with Gasteiger partial charge in [-0.1, -0.05) is 18.2 Å². The van der Waals surface area contributed by atoms with Gasteiger partial charge in [-0.15, -0.1) is 0 Å². The van der Waals surface area contributed by atoms with Crippen molar-refractivity contribution in [3.8, 4) is 0 Å². The van der Waals surface area contributed by atoms with Gasteiger partial charge in [0.05, 0.1) is 6.42 Å². The molecular formula is C11H12N2O2. The number of nitrogens with zero attached hydrogens (tertiary/aromatic N) is 1. The maximum Gasteiger partial charge on any atom is 0.251 e. The Morgan fingerprint density at radius 2 is 1.93 bits per heavy atom. The van der Waals surface area contributed by atoms with Crippen molar-refractivity contribution in [3.63, 3.8) is 0 Å². The third kappa shape index (κ3) is 1.83. The first kappa shape index (κ1) is 9.71. The molecule has 0 spiro atoms. The van der Waals surface area contributed by atoms with Crippen LogP contribution in [0, 0.1) is 0 Å². The molecule has 1 saturated heterocycles. The number of para-hydroxylation sites is 1. The zero-order valence-corrected chi connectivity index (χ0v) is 8.43. The number of nitrogens with one attached hydrogen (secondary N) is 1. The van der Waals surface area contributed by atoms with E-state index in [1.54, 1.807) is 0 Å². The molecule has 1 atom stereocenters. The van der Waals surface area contributed by atoms with Crippen molar-refractivity contribution >= 4 is 17.5 Å². The number of anilines is 1. The SMILES string of the molecule is CN1C(=O)CC(Nc2ccccc2)C1=O. The number of imide groups is 1. The van der Waals surface area contributed by atoms with Crippen LogP contribution in [0.5, 0.6) is 0 Å². The van der Waals surface area contributed by atoms with Crippen molar-refractivity contribution in [1.82, 2.24) is 4.90 Å². The van der Waals surface area contributed by atoms with Gasteiger partial charge in [-0.3, -0.25) is 14.5 Å². The Bertz CT molecular complexity index is 389. The first-order chi connectivity index (χ1) is 7.18. The summed E-state index contributed by atoms with van der Waals surface area (Å²) < 4.78 is 0. The normalized spacial score (nSPS) is 20.9. The Morgan fingerprint density at radius 1 is 1.27 bits per heavy atom. The Morgan fingerprint density at radius 3 is 2.47 bits per heavy atom. The molecule has 1 heterocycles. The number of hydrogen-bond acceptors (Lipinski definition) is 3. The van der Waals surface area contributed by atoms with Crippen molar-refractivity contribution < 1.29 is 9.59 Å². The van der Waals surface area contributed by atoms with Crippen molar-refractivity contribution in [3.05, 3.63) is 30.3 Å². The highest BCUT2D eigenvalue weighted by molar-refractivity contribution is 6.06. The third-order valence-electron chi connectivity index (χ3n) is 2.50. The van der Waals surface area contributed by atoms with Crippen LogP contribution in [0.4, 0.5) is 5.69 Å². The molecule has 0 saturated carbocycles. The van der Waals surface area contributed by atoms with Crippen molar-refractivity contribution in [2.24, 2.45) is 0 Å². The summed E-state index contributed by atoms with van der Waals surface area (Å²) >= 11 is 0. The zero-order chi connectivity index (χ0) is 10.8. The van der Waals surface area contributed by atoms with Crippen molar-refractivity contribution in [2.45, 2.75) is 12.5 Å². The lowest BCUT2D eigenvalue weighted by atomic mass is 10.2. The first-order valence-electron chi connectivity index (χ1n) is 4.80. The van der Waals surface area contributed by atoms with E-state index in [2.05, 4.69) is 5.32 Å². The van der Waals surface area contributed by atoms with Crippen LogP contribution in [0.15, 0.2) is 30.3 Å². The molecule has 1 N–H and O–H groups in total. The van der Waals surface area contributed by atoms with Crippen LogP contribution in [0.3, 0.4) is 0 Å². The second-order valence-electron chi connectivity index (χ2n) is 3.56. The summed E-state index contributed by atoms with van der Waals surface area (Å²) in [6.45, 7) is 0. The molecule has 1 aromatic rings. The lowest BCUT2D eigenvalue weighted by molar-refractivity contribution is -0.136. The maximum absolute atomic E-state index is 11.6. The lowest BCUT2D eigenvalue weighted by Gasteiger charge is -2.11. The maximum atomic E-state index is 11.6. The van der Waals surface area contributed by atoms with Gasteiger partial charge < -0.3 is 5.32 Å². The second kappa shape index (κ2) is 3.73. The molecule has 1 fully saturated rings. The van der Waals surface area contributed by atoms with Gasteiger partial charge in [0.2, 0.25) is 5.91 Å². The highest BCUT2D eigenvalue weighted by Crippen LogP contribution is 2.16. The molecule has 4 heteroatoms. The zero-order valence-electron chi connectivity index (χ0n) is 8.43. The number of carbonyl (C=O) groups excluding carboxylic acids is 2. The molecule has 1 aliphatic heterocycles. The molecule has 1 aromatic carbocycles. The molecule has 4 nitrogen and oxygen atoms in total. The molecule has 2 rings (SSSR count). The molecule has 1 aliphatic rings. The molecule has 0 bridgehead atoms. The number of carbonyl (C=O) groups is 2. The van der Waals surface area contributed by atoms with E-state index >= 15 is 0 Å². The Hall–Kier alpha value is -1.84. The summed E-state index contributed by atoms with van der Waals surface area (Å²) in [7, 11) is 1.51. The number of benzene rings is 1. The largest absolute Gasteiger partial charge is 0.373 e. The van der Waals surface area contributed by atoms with Crippen LogP contribution in [0.1, 0.15) is 6.42 Å². The predicted octanol–water partition coefficient (Wildman–Crippen LogP) is 0.856. The Labute approximate surface area is 87.9 Å². The third-order valence-corrected chi connectivity index (χ3v) is 2.50. The van der Waals surface area contributed by atoms with E-state index in [9.17, 15) is 9.59 Å². The number of hydrogen-bond donors (Lipinski definition) is 1. The summed E-state index contributed by atoms with van der Waals surface area (Å²) in [6.07, 6.45) is 0.240. The Kier molecular flexibility index (Phi) is 2.41. The summed E-state index contributed by atoms with van der Waals surface area (Å²) in [5.74, 6) is -0.294. The number of likely N-dealkylation sites (N-methyl/N-ethyl adjacent to an activating group) is 1. The molecule has 78 valence electrons. The molecule has 15 heavy (non-hydrogen) atoms. The van der Waals surface area contributed by atoms with Gasteiger partial charge >= 0.3 is 0 Å². The van der Waals surface area contributed by atoms with Crippen LogP contribution in [-0.4, -0.2) is 29.8 Å². The average molecular weight is 204 g/mol. The average Bonchev–Trinajstić information content (AvgIpc) is 2.48. The smallest absolute Gasteiger partial charge is 0.251 e. The summed E-state index contributed by atoms with van der Waals surface area (Å²) in [5, 5.41) is 3.04. The predicted molar refractivity (Wildman–Crippen MR) is 56.2 cm³/mol. The molecule has 0 aliphatic carbocycles. The van der Waals surface area contributed by atoms with E-state index in [4.69, 9.17) is 0 Å². The van der Waals surface area contributed by atoms with Crippen LogP contribution < -0.4 is 5.32 Å². The molecule has 0 aromatic heterocycles. The minimum atomic E-state index is -0.412. The number of amides is 2. The highest BCUT2D eigenvalue weighted by atomic mass is 16.2. The number of rotatable bonds is 2. The molecule has 0 radical (unpaired) electrons. The minimum absolute atomic E-state index is 0.131. The van der Waals surface area contributed by atoms with Crippen LogP contribution in [0.2, 0.25) is 0 Å². The molecule has 2 amide bonds. The van der Waals surface area contributed by atoms with E-state index in [1.165, 1.54) is 11.9 Å². The fourth-order valence-electron chi connectivity index (χ4n) is 1.60. The fourth-order valence-corrected chi connectivity index (χ4v) is 1.60. The van der Waals surface area contributed by atoms with Crippen LogP contribution in [0.25, 0.3) is 0 Å². The highest BCUT2D eigenvalue weighted by Gasteiger charge is 2.35. The minimum Gasteiger partial charge on any atom is -0.373 e. The molecular weight excluding hydrogens is 192 g/mol. The number of likely N-dealkylation sites (tertiary alicyclic amines) is 1. The van der Waals surface area contributed by atoms with E-state index in [0.717, 1.165) is 5.69 Å². The van der Waals surface area contributed by atoms with Crippen LogP contribution >= 0.6 is 0 Å². The first-order valence-corrected chi connectivity index (χ1v) is 4.80. The van der Waals surface area contributed by atoms with Gasteiger partial charge in [-0.2, -0.15) is 0 Å². The van der Waals surface area contributed by atoms with Gasteiger partial charge in [0, 0.05) is 12.7 Å². The second-order valence-corrected chi connectivity index (χ2v) is 3.56. The summed E-state index contributed by atoms with van der Waals surface area (Å²) in [6, 6.07) is 9.00. The van der Waals surface area contributed by atoms with E-state index < -0.39 is 6.04 Å².